The molecule has 2 aromatic carbocycles. The number of amides is 1. The number of rotatable bonds is 3. The van der Waals surface area contributed by atoms with E-state index < -0.39 is 6.09 Å². The van der Waals surface area contributed by atoms with Gasteiger partial charge in [-0.05, 0) is 76.8 Å². The Balaban J connectivity index is 1.82. The summed E-state index contributed by atoms with van der Waals surface area (Å²) in [4.78, 5) is 17.3. The molecule has 1 N–H and O–H groups in total. The van der Waals surface area contributed by atoms with E-state index in [1.165, 1.54) is 0 Å². The highest BCUT2D eigenvalue weighted by Gasteiger charge is 2.15. The number of anilines is 1. The van der Waals surface area contributed by atoms with Crippen LogP contribution in [0.1, 0.15) is 0 Å². The standard InChI is InChI=1S/C17H9ClIN3O2S/c18-13-8-14(19)16(15-12(13)2-1-7-21-15)24-17(23)22-10-3-5-11(6-4-10)25-9-20/h1-8H,(H,22,23). The van der Waals surface area contributed by atoms with Gasteiger partial charge in [0, 0.05) is 22.2 Å². The van der Waals surface area contributed by atoms with Crippen molar-refractivity contribution in [1.29, 1.82) is 5.26 Å². The molecule has 0 saturated heterocycles. The molecule has 0 saturated carbocycles. The molecule has 0 atom stereocenters. The number of pyridine rings is 1. The van der Waals surface area contributed by atoms with Gasteiger partial charge < -0.3 is 4.74 Å². The largest absolute Gasteiger partial charge is 0.417 e. The molecule has 3 rings (SSSR count). The summed E-state index contributed by atoms with van der Waals surface area (Å²) in [5.41, 5.74) is 1.09. The first-order valence-corrected chi connectivity index (χ1v) is 9.23. The van der Waals surface area contributed by atoms with Gasteiger partial charge in [0.15, 0.2) is 5.75 Å². The van der Waals surface area contributed by atoms with Crippen LogP contribution in [0.25, 0.3) is 10.9 Å². The Labute approximate surface area is 166 Å². The quantitative estimate of drug-likeness (QED) is 0.296. The van der Waals surface area contributed by atoms with Gasteiger partial charge in [0.1, 0.15) is 10.9 Å². The van der Waals surface area contributed by atoms with Crippen LogP contribution in [0.15, 0.2) is 53.6 Å². The van der Waals surface area contributed by atoms with Gasteiger partial charge in [0.25, 0.3) is 0 Å². The lowest BCUT2D eigenvalue weighted by Gasteiger charge is -2.11. The molecule has 0 aliphatic carbocycles. The molecule has 0 bridgehead atoms. The van der Waals surface area contributed by atoms with Crippen molar-refractivity contribution in [3.63, 3.8) is 0 Å². The number of thiocyanates is 1. The van der Waals surface area contributed by atoms with Crippen LogP contribution >= 0.6 is 46.0 Å². The minimum Gasteiger partial charge on any atom is -0.407 e. The summed E-state index contributed by atoms with van der Waals surface area (Å²) in [5, 5.41) is 14.5. The second-order valence-corrected chi connectivity index (χ2v) is 7.23. The summed E-state index contributed by atoms with van der Waals surface area (Å²) in [6, 6.07) is 12.2. The summed E-state index contributed by atoms with van der Waals surface area (Å²) in [7, 11) is 0. The highest BCUT2D eigenvalue weighted by molar-refractivity contribution is 14.1. The van der Waals surface area contributed by atoms with Crippen LogP contribution in [0, 0.1) is 14.2 Å². The Morgan fingerprint density at radius 3 is 2.80 bits per heavy atom. The molecule has 1 heterocycles. The SMILES string of the molecule is N#CSc1ccc(NC(=O)Oc2c(I)cc(Cl)c3cccnc23)cc1. The van der Waals surface area contributed by atoms with Crippen molar-refractivity contribution < 1.29 is 9.53 Å². The topological polar surface area (TPSA) is 75.0 Å². The number of nitrogens with one attached hydrogen (secondary N) is 1. The van der Waals surface area contributed by atoms with Gasteiger partial charge in [0.05, 0.1) is 8.59 Å². The van der Waals surface area contributed by atoms with Crippen LogP contribution in [-0.2, 0) is 0 Å². The van der Waals surface area contributed by atoms with Gasteiger partial charge in [0.2, 0.25) is 0 Å². The molecule has 1 amide bonds. The number of halogens is 2. The molecule has 124 valence electrons. The Morgan fingerprint density at radius 1 is 1.32 bits per heavy atom. The molecule has 0 fully saturated rings. The van der Waals surface area contributed by atoms with Crippen molar-refractivity contribution in [3.8, 4) is 11.2 Å². The van der Waals surface area contributed by atoms with E-state index in [1.54, 1.807) is 42.6 Å². The number of thioether (sulfide) groups is 1. The van der Waals surface area contributed by atoms with E-state index in [2.05, 4.69) is 10.3 Å². The molecule has 8 heteroatoms. The van der Waals surface area contributed by atoms with E-state index >= 15 is 0 Å². The zero-order valence-corrected chi connectivity index (χ0v) is 16.2. The van der Waals surface area contributed by atoms with Gasteiger partial charge in [-0.1, -0.05) is 11.6 Å². The van der Waals surface area contributed by atoms with Gasteiger partial charge in [-0.2, -0.15) is 5.26 Å². The lowest BCUT2D eigenvalue weighted by molar-refractivity contribution is 0.215. The number of hydrogen-bond donors (Lipinski definition) is 1. The van der Waals surface area contributed by atoms with Gasteiger partial charge in [-0.15, -0.1) is 0 Å². The van der Waals surface area contributed by atoms with Crippen molar-refractivity contribution in [2.24, 2.45) is 0 Å². The third-order valence-electron chi connectivity index (χ3n) is 3.21. The van der Waals surface area contributed by atoms with Crippen LogP contribution < -0.4 is 10.1 Å². The van der Waals surface area contributed by atoms with Gasteiger partial charge in [-0.25, -0.2) is 4.79 Å². The monoisotopic (exact) mass is 481 g/mol. The number of carbonyl (C=O) groups is 1. The number of aromatic nitrogens is 1. The number of nitriles is 1. The second-order valence-electron chi connectivity index (χ2n) is 4.80. The maximum atomic E-state index is 12.2. The van der Waals surface area contributed by atoms with E-state index in [1.807, 2.05) is 34.1 Å². The van der Waals surface area contributed by atoms with Crippen LogP contribution in [0.5, 0.6) is 5.75 Å². The normalized spacial score (nSPS) is 10.3. The second kappa shape index (κ2) is 7.91. The third-order valence-corrected chi connectivity index (χ3v) is 4.92. The van der Waals surface area contributed by atoms with Crippen LogP contribution in [0.2, 0.25) is 5.02 Å². The summed E-state index contributed by atoms with van der Waals surface area (Å²) in [6.45, 7) is 0. The highest BCUT2D eigenvalue weighted by Crippen LogP contribution is 2.34. The summed E-state index contributed by atoms with van der Waals surface area (Å²) in [5.74, 6) is 0.356. The van der Waals surface area contributed by atoms with Crippen molar-refractivity contribution in [1.82, 2.24) is 4.98 Å². The first kappa shape index (κ1) is 17.8. The fourth-order valence-corrected chi connectivity index (χ4v) is 3.64. The van der Waals surface area contributed by atoms with Crippen molar-refractivity contribution >= 4 is 68.6 Å². The highest BCUT2D eigenvalue weighted by atomic mass is 127. The van der Waals surface area contributed by atoms with E-state index in [-0.39, 0.29) is 0 Å². The van der Waals surface area contributed by atoms with Crippen molar-refractivity contribution in [2.75, 3.05) is 5.32 Å². The molecular weight excluding hydrogens is 473 g/mol. The number of nitrogens with zero attached hydrogens (tertiary/aromatic N) is 2. The number of ether oxygens (including phenoxy) is 1. The fourth-order valence-electron chi connectivity index (χ4n) is 2.14. The molecule has 25 heavy (non-hydrogen) atoms. The number of benzene rings is 2. The minimum atomic E-state index is -0.632. The molecule has 0 radical (unpaired) electrons. The predicted octanol–water partition coefficient (Wildman–Crippen LogP) is 5.68. The summed E-state index contributed by atoms with van der Waals surface area (Å²) >= 11 is 9.31. The Morgan fingerprint density at radius 2 is 2.08 bits per heavy atom. The lowest BCUT2D eigenvalue weighted by atomic mass is 10.2. The third kappa shape index (κ3) is 4.15. The molecule has 0 spiro atoms. The van der Waals surface area contributed by atoms with Gasteiger partial charge >= 0.3 is 6.09 Å². The minimum absolute atomic E-state index is 0.356. The molecule has 0 aliphatic heterocycles. The number of carbonyl (C=O) groups excluding carboxylic acids is 1. The van der Waals surface area contributed by atoms with E-state index in [4.69, 9.17) is 21.6 Å². The van der Waals surface area contributed by atoms with Crippen LogP contribution in [0.4, 0.5) is 10.5 Å². The molecule has 5 nitrogen and oxygen atoms in total. The van der Waals surface area contributed by atoms with Crippen LogP contribution in [-0.4, -0.2) is 11.1 Å². The summed E-state index contributed by atoms with van der Waals surface area (Å²) in [6.07, 6.45) is 0.985. The average Bonchev–Trinajstić information content (AvgIpc) is 2.60. The van der Waals surface area contributed by atoms with Crippen molar-refractivity contribution in [2.45, 2.75) is 4.90 Å². The molecular formula is C17H9ClIN3O2S. The maximum Gasteiger partial charge on any atom is 0.417 e. The lowest BCUT2D eigenvalue weighted by Crippen LogP contribution is -2.17. The Bertz CT molecular complexity index is 990. The predicted molar refractivity (Wildman–Crippen MR) is 107 cm³/mol. The first-order chi connectivity index (χ1) is 12.1. The van der Waals surface area contributed by atoms with E-state index in [0.717, 1.165) is 16.7 Å². The van der Waals surface area contributed by atoms with E-state index in [0.29, 0.717) is 30.9 Å². The average molecular weight is 482 g/mol. The van der Waals surface area contributed by atoms with E-state index in [9.17, 15) is 4.79 Å². The fraction of sp³-hybridized carbons (Fsp3) is 0. The Hall–Kier alpha value is -2.02. The zero-order chi connectivity index (χ0) is 17.8. The smallest absolute Gasteiger partial charge is 0.407 e. The number of fused-ring (bicyclic) bond motifs is 1. The Kier molecular flexibility index (Phi) is 5.63. The van der Waals surface area contributed by atoms with Gasteiger partial charge in [-0.3, -0.25) is 10.3 Å². The number of hydrogen-bond acceptors (Lipinski definition) is 5. The van der Waals surface area contributed by atoms with Crippen molar-refractivity contribution in [3.05, 3.63) is 57.3 Å². The van der Waals surface area contributed by atoms with Crippen LogP contribution in [0.3, 0.4) is 0 Å². The molecule has 1 aromatic heterocycles. The molecule has 0 unspecified atom stereocenters. The summed E-state index contributed by atoms with van der Waals surface area (Å²) < 4.78 is 6.14. The zero-order valence-electron chi connectivity index (χ0n) is 12.5. The maximum absolute atomic E-state index is 12.2. The molecule has 3 aromatic rings. The molecule has 0 aliphatic rings. The first-order valence-electron chi connectivity index (χ1n) is 6.96.